The molecule has 1 aliphatic rings. The fraction of sp³-hybridized carbons (Fsp3) is 0.333. The Labute approximate surface area is 71.3 Å². The maximum Gasteiger partial charge on any atom is -0.00457 e. The third-order valence-electron chi connectivity index (χ3n) is 1.05. The van der Waals surface area contributed by atoms with Gasteiger partial charge in [0.15, 0.2) is 0 Å². The summed E-state index contributed by atoms with van der Waals surface area (Å²) >= 11 is 5.79. The van der Waals surface area contributed by atoms with Crippen LogP contribution in [-0.2, 0) is 0 Å². The van der Waals surface area contributed by atoms with Crippen LogP contribution in [0.15, 0.2) is 20.2 Å². The van der Waals surface area contributed by atoms with Gasteiger partial charge < -0.3 is 0 Å². The quantitative estimate of drug-likeness (QED) is 0.598. The summed E-state index contributed by atoms with van der Waals surface area (Å²) in [5, 5.41) is 0. The second-order valence-electron chi connectivity index (χ2n) is 1.73. The van der Waals surface area contributed by atoms with E-state index in [4.69, 9.17) is 0 Å². The van der Waals surface area contributed by atoms with Crippen LogP contribution in [0.4, 0.5) is 0 Å². The fourth-order valence-electron chi connectivity index (χ4n) is 0.586. The van der Waals surface area contributed by atoms with Crippen LogP contribution in [-0.4, -0.2) is 0 Å². The molecule has 0 heterocycles. The second-order valence-corrected chi connectivity index (χ2v) is 4.13. The molecule has 0 aliphatic heterocycles. The standard InChI is InChI=1S/C6H6BrI/c7-5-1-3-6(8)4-2-5/h1,3H,2,4H2. The van der Waals surface area contributed by atoms with Gasteiger partial charge in [-0.05, 0) is 43.5 Å². The van der Waals surface area contributed by atoms with Crippen LogP contribution in [0, 0.1) is 0 Å². The average molecular weight is 285 g/mol. The van der Waals surface area contributed by atoms with E-state index >= 15 is 0 Å². The van der Waals surface area contributed by atoms with Gasteiger partial charge in [0.05, 0.1) is 0 Å². The van der Waals surface area contributed by atoms with E-state index in [-0.39, 0.29) is 0 Å². The highest BCUT2D eigenvalue weighted by atomic mass is 127. The highest BCUT2D eigenvalue weighted by Crippen LogP contribution is 2.25. The van der Waals surface area contributed by atoms with E-state index in [2.05, 4.69) is 50.7 Å². The van der Waals surface area contributed by atoms with Gasteiger partial charge in [0.1, 0.15) is 0 Å². The lowest BCUT2D eigenvalue weighted by atomic mass is 10.2. The summed E-state index contributed by atoms with van der Waals surface area (Å²) in [5.41, 5.74) is 0. The Balaban J connectivity index is 2.65. The van der Waals surface area contributed by atoms with E-state index in [0.717, 1.165) is 0 Å². The number of rotatable bonds is 0. The molecule has 1 aliphatic carbocycles. The van der Waals surface area contributed by atoms with Gasteiger partial charge in [0.25, 0.3) is 0 Å². The third kappa shape index (κ3) is 1.90. The topological polar surface area (TPSA) is 0 Å². The van der Waals surface area contributed by atoms with Gasteiger partial charge in [-0.1, -0.05) is 28.1 Å². The zero-order valence-electron chi connectivity index (χ0n) is 4.32. The Morgan fingerprint density at radius 1 is 1.38 bits per heavy atom. The Morgan fingerprint density at radius 3 is 2.50 bits per heavy atom. The molecule has 0 aromatic rings. The van der Waals surface area contributed by atoms with Gasteiger partial charge in [-0.2, -0.15) is 0 Å². The van der Waals surface area contributed by atoms with Crippen molar-refractivity contribution in [3.8, 4) is 0 Å². The molecule has 0 radical (unpaired) electrons. The summed E-state index contributed by atoms with van der Waals surface area (Å²) in [6.07, 6.45) is 6.64. The van der Waals surface area contributed by atoms with Gasteiger partial charge in [0, 0.05) is 0 Å². The van der Waals surface area contributed by atoms with E-state index in [0.29, 0.717) is 0 Å². The van der Waals surface area contributed by atoms with Gasteiger partial charge in [0.2, 0.25) is 0 Å². The van der Waals surface area contributed by atoms with Crippen molar-refractivity contribution in [2.24, 2.45) is 0 Å². The first-order valence-electron chi connectivity index (χ1n) is 2.50. The van der Waals surface area contributed by atoms with Crippen molar-refractivity contribution in [2.75, 3.05) is 0 Å². The summed E-state index contributed by atoms with van der Waals surface area (Å²) in [7, 11) is 0. The lowest BCUT2D eigenvalue weighted by molar-refractivity contribution is 1.02. The molecule has 1 rings (SSSR count). The van der Waals surface area contributed by atoms with E-state index in [1.165, 1.54) is 20.9 Å². The van der Waals surface area contributed by atoms with E-state index < -0.39 is 0 Å². The van der Waals surface area contributed by atoms with Crippen molar-refractivity contribution >= 4 is 38.5 Å². The number of hydrogen-bond acceptors (Lipinski definition) is 0. The largest absolute Gasteiger partial charge is 0.0556 e. The third-order valence-corrected chi connectivity index (χ3v) is 2.61. The number of hydrogen-bond donors (Lipinski definition) is 0. The van der Waals surface area contributed by atoms with Crippen LogP contribution in [0.3, 0.4) is 0 Å². The first kappa shape index (κ1) is 6.81. The summed E-state index contributed by atoms with van der Waals surface area (Å²) in [6, 6.07) is 0. The maximum atomic E-state index is 3.43. The summed E-state index contributed by atoms with van der Waals surface area (Å²) in [6.45, 7) is 0. The molecule has 0 amide bonds. The minimum Gasteiger partial charge on any atom is -0.0556 e. The van der Waals surface area contributed by atoms with E-state index in [1.807, 2.05) is 0 Å². The predicted octanol–water partition coefficient (Wildman–Crippen LogP) is 3.38. The molecule has 44 valence electrons. The van der Waals surface area contributed by atoms with Crippen molar-refractivity contribution in [3.63, 3.8) is 0 Å². The molecule has 8 heavy (non-hydrogen) atoms. The highest BCUT2D eigenvalue weighted by molar-refractivity contribution is 14.1. The van der Waals surface area contributed by atoms with Gasteiger partial charge in [-0.25, -0.2) is 0 Å². The average Bonchev–Trinajstić information content (AvgIpc) is 1.77. The minimum absolute atomic E-state index is 1.18. The molecule has 0 atom stereocenters. The van der Waals surface area contributed by atoms with Crippen molar-refractivity contribution in [3.05, 3.63) is 20.2 Å². The van der Waals surface area contributed by atoms with Crippen molar-refractivity contribution < 1.29 is 0 Å². The molecule has 0 bridgehead atoms. The number of allylic oxidation sites excluding steroid dienone is 4. The lowest BCUT2D eigenvalue weighted by Crippen LogP contribution is -1.80. The molecule has 0 nitrogen and oxygen atoms in total. The van der Waals surface area contributed by atoms with E-state index in [1.54, 1.807) is 0 Å². The molecular weight excluding hydrogens is 279 g/mol. The predicted molar refractivity (Wildman–Crippen MR) is 48.3 cm³/mol. The van der Waals surface area contributed by atoms with Gasteiger partial charge >= 0.3 is 0 Å². The van der Waals surface area contributed by atoms with Crippen molar-refractivity contribution in [2.45, 2.75) is 12.8 Å². The summed E-state index contributed by atoms with van der Waals surface area (Å²) < 4.78 is 2.77. The zero-order chi connectivity index (χ0) is 5.98. The van der Waals surface area contributed by atoms with Crippen LogP contribution in [0.5, 0.6) is 0 Å². The molecule has 0 saturated heterocycles. The fourth-order valence-corrected chi connectivity index (χ4v) is 1.37. The SMILES string of the molecule is BrC1=CC=C(I)CC1. The normalized spacial score (nSPS) is 19.8. The molecule has 0 aromatic heterocycles. The molecule has 2 heteroatoms. The Kier molecular flexibility index (Phi) is 2.56. The Hall–Kier alpha value is 0.690. The van der Waals surface area contributed by atoms with Crippen LogP contribution < -0.4 is 0 Å². The molecule has 0 saturated carbocycles. The lowest BCUT2D eigenvalue weighted by Gasteiger charge is -2.02. The monoisotopic (exact) mass is 284 g/mol. The number of halogens is 2. The van der Waals surface area contributed by atoms with E-state index in [9.17, 15) is 0 Å². The van der Waals surface area contributed by atoms with Gasteiger partial charge in [-0.3, -0.25) is 0 Å². The summed E-state index contributed by atoms with van der Waals surface area (Å²) in [5.74, 6) is 0. The minimum atomic E-state index is 1.18. The van der Waals surface area contributed by atoms with Crippen LogP contribution in [0.1, 0.15) is 12.8 Å². The molecule has 0 spiro atoms. The van der Waals surface area contributed by atoms with Crippen molar-refractivity contribution in [1.82, 2.24) is 0 Å². The van der Waals surface area contributed by atoms with Gasteiger partial charge in [-0.15, -0.1) is 0 Å². The Bertz CT molecular complexity index is 129. The molecule has 0 unspecified atom stereocenters. The summed E-state index contributed by atoms with van der Waals surface area (Å²) in [4.78, 5) is 0. The smallest absolute Gasteiger partial charge is 0.00457 e. The van der Waals surface area contributed by atoms with Crippen LogP contribution >= 0.6 is 38.5 Å². The first-order chi connectivity index (χ1) is 3.79. The van der Waals surface area contributed by atoms with Crippen LogP contribution in [0.2, 0.25) is 0 Å². The molecular formula is C6H6BrI. The second kappa shape index (κ2) is 3.01. The molecule has 0 aromatic carbocycles. The first-order valence-corrected chi connectivity index (χ1v) is 4.37. The van der Waals surface area contributed by atoms with Crippen molar-refractivity contribution in [1.29, 1.82) is 0 Å². The Morgan fingerprint density at radius 2 is 2.12 bits per heavy atom. The highest BCUT2D eigenvalue weighted by Gasteiger charge is 1.98. The maximum absolute atomic E-state index is 3.43. The zero-order valence-corrected chi connectivity index (χ0v) is 8.07. The molecule has 0 N–H and O–H groups in total. The van der Waals surface area contributed by atoms with Crippen LogP contribution in [0.25, 0.3) is 0 Å². The molecule has 0 fully saturated rings.